The van der Waals surface area contributed by atoms with Crippen molar-refractivity contribution < 1.29 is 17.9 Å². The lowest BCUT2D eigenvalue weighted by molar-refractivity contribution is -0.116. The maximum absolute atomic E-state index is 13.6. The molecule has 0 saturated carbocycles. The number of nitrogens with zero attached hydrogens (tertiary/aromatic N) is 3. The monoisotopic (exact) mass is 618 g/mol. The van der Waals surface area contributed by atoms with Gasteiger partial charge in [-0.1, -0.05) is 53.0 Å². The van der Waals surface area contributed by atoms with E-state index >= 15 is 0 Å². The van der Waals surface area contributed by atoms with Crippen LogP contribution in [0.3, 0.4) is 0 Å². The fourth-order valence-electron chi connectivity index (χ4n) is 4.39. The second-order valence-corrected chi connectivity index (χ2v) is 12.5. The Hall–Kier alpha value is -2.92. The van der Waals surface area contributed by atoms with Crippen LogP contribution in [0.5, 0.6) is 0 Å². The summed E-state index contributed by atoms with van der Waals surface area (Å²) in [6.45, 7) is 0.150. The molecule has 4 aromatic rings. The van der Waals surface area contributed by atoms with Gasteiger partial charge in [-0.2, -0.15) is 4.31 Å². The van der Waals surface area contributed by atoms with E-state index < -0.39 is 22.5 Å². The van der Waals surface area contributed by atoms with E-state index in [0.29, 0.717) is 39.5 Å². The SMILES string of the molecule is O=C(CN(CC1CCCO1)S(=O)(=O)c1ccc(Cl)cc1)Nc1nc(-c2ccc(Cl)cc2)cn1-c1cccc(Cl)c1. The quantitative estimate of drug-likeness (QED) is 0.237. The van der Waals surface area contributed by atoms with Crippen molar-refractivity contribution in [2.75, 3.05) is 25.0 Å². The molecule has 208 valence electrons. The molecule has 1 unspecified atom stereocenters. The second kappa shape index (κ2) is 12.3. The first-order chi connectivity index (χ1) is 19.2. The molecular formula is C28H25Cl3N4O4S. The first kappa shape index (κ1) is 28.6. The molecule has 5 rings (SSSR count). The standard InChI is InChI=1S/C28H25Cl3N4O4S/c29-20-8-6-19(7-9-20)26-17-35(23-4-1-3-22(31)15-23)28(32-26)33-27(36)18-34(16-24-5-2-14-39-24)40(37,38)25-12-10-21(30)11-13-25/h1,3-4,6-13,15,17,24H,2,5,14,16,18H2,(H,32,33,36). The zero-order valence-corrected chi connectivity index (χ0v) is 24.2. The Kier molecular flexibility index (Phi) is 8.80. The van der Waals surface area contributed by atoms with Crippen LogP contribution < -0.4 is 5.32 Å². The van der Waals surface area contributed by atoms with Gasteiger partial charge in [0.1, 0.15) is 0 Å². The summed E-state index contributed by atoms with van der Waals surface area (Å²) in [5, 5.41) is 4.29. The predicted molar refractivity (Wildman–Crippen MR) is 157 cm³/mol. The molecule has 1 amide bonds. The highest BCUT2D eigenvalue weighted by atomic mass is 35.5. The van der Waals surface area contributed by atoms with E-state index in [2.05, 4.69) is 10.3 Å². The molecule has 0 radical (unpaired) electrons. The van der Waals surface area contributed by atoms with E-state index in [9.17, 15) is 13.2 Å². The number of carbonyl (C=O) groups is 1. The van der Waals surface area contributed by atoms with Gasteiger partial charge in [-0.25, -0.2) is 13.4 Å². The number of benzene rings is 3. The van der Waals surface area contributed by atoms with Crippen LogP contribution in [0.25, 0.3) is 16.9 Å². The summed E-state index contributed by atoms with van der Waals surface area (Å²) < 4.78 is 35.6. The van der Waals surface area contributed by atoms with Crippen LogP contribution in [-0.2, 0) is 19.6 Å². The van der Waals surface area contributed by atoms with Crippen LogP contribution in [0.1, 0.15) is 12.8 Å². The summed E-state index contributed by atoms with van der Waals surface area (Å²) in [5.74, 6) is -0.356. The zero-order chi connectivity index (χ0) is 28.3. The van der Waals surface area contributed by atoms with Crippen LogP contribution in [0, 0.1) is 0 Å². The van der Waals surface area contributed by atoms with Gasteiger partial charge in [0.2, 0.25) is 21.9 Å². The Morgan fingerprint density at radius 2 is 1.70 bits per heavy atom. The van der Waals surface area contributed by atoms with Crippen molar-refractivity contribution in [1.82, 2.24) is 13.9 Å². The molecule has 0 aliphatic carbocycles. The van der Waals surface area contributed by atoms with Gasteiger partial charge in [-0.15, -0.1) is 0 Å². The number of hydrogen-bond donors (Lipinski definition) is 1. The third-order valence-electron chi connectivity index (χ3n) is 6.39. The summed E-state index contributed by atoms with van der Waals surface area (Å²) >= 11 is 18.2. The van der Waals surface area contributed by atoms with Gasteiger partial charge in [0.15, 0.2) is 0 Å². The Labute approximate surface area is 247 Å². The predicted octanol–water partition coefficient (Wildman–Crippen LogP) is 6.31. The van der Waals surface area contributed by atoms with Crippen LogP contribution in [0.2, 0.25) is 15.1 Å². The molecule has 0 bridgehead atoms. The number of carbonyl (C=O) groups excluding carboxylic acids is 1. The Bertz CT molecular complexity index is 1600. The Morgan fingerprint density at radius 1 is 1.00 bits per heavy atom. The van der Waals surface area contributed by atoms with Crippen molar-refractivity contribution in [3.05, 3.63) is 94.1 Å². The van der Waals surface area contributed by atoms with Gasteiger partial charge in [0.25, 0.3) is 0 Å². The highest BCUT2D eigenvalue weighted by Gasteiger charge is 2.31. The molecule has 1 aliphatic rings. The maximum atomic E-state index is 13.6. The largest absolute Gasteiger partial charge is 0.377 e. The summed E-state index contributed by atoms with van der Waals surface area (Å²) in [6.07, 6.45) is 2.99. The fraction of sp³-hybridized carbons (Fsp3) is 0.214. The molecule has 1 fully saturated rings. The van der Waals surface area contributed by atoms with Gasteiger partial charge >= 0.3 is 0 Å². The molecule has 1 atom stereocenters. The van der Waals surface area contributed by atoms with Gasteiger partial charge in [-0.3, -0.25) is 14.7 Å². The molecule has 1 N–H and O–H groups in total. The van der Waals surface area contributed by atoms with Crippen molar-refractivity contribution >= 4 is 56.7 Å². The first-order valence-corrected chi connectivity index (χ1v) is 15.0. The summed E-state index contributed by atoms with van der Waals surface area (Å²) in [4.78, 5) is 18.1. The molecule has 0 spiro atoms. The van der Waals surface area contributed by atoms with Crippen LogP contribution in [0.4, 0.5) is 5.95 Å². The van der Waals surface area contributed by atoms with E-state index in [-0.39, 0.29) is 23.5 Å². The van der Waals surface area contributed by atoms with Gasteiger partial charge in [-0.05, 0) is 67.4 Å². The lowest BCUT2D eigenvalue weighted by Crippen LogP contribution is -2.42. The van der Waals surface area contributed by atoms with E-state index in [1.807, 2.05) is 18.2 Å². The Morgan fingerprint density at radius 3 is 2.35 bits per heavy atom. The number of halogens is 3. The molecule has 1 saturated heterocycles. The molecular weight excluding hydrogens is 595 g/mol. The summed E-state index contributed by atoms with van der Waals surface area (Å²) in [5.41, 5.74) is 2.03. The highest BCUT2D eigenvalue weighted by Crippen LogP contribution is 2.27. The minimum Gasteiger partial charge on any atom is -0.377 e. The van der Waals surface area contributed by atoms with E-state index in [4.69, 9.17) is 39.5 Å². The number of imidazole rings is 1. The van der Waals surface area contributed by atoms with E-state index in [1.54, 1.807) is 41.1 Å². The molecule has 1 aromatic heterocycles. The maximum Gasteiger partial charge on any atom is 0.243 e. The molecule has 2 heterocycles. The molecule has 12 heteroatoms. The van der Waals surface area contributed by atoms with Crippen molar-refractivity contribution in [1.29, 1.82) is 0 Å². The fourth-order valence-corrected chi connectivity index (χ4v) is 6.26. The minimum absolute atomic E-state index is 0.0353. The van der Waals surface area contributed by atoms with E-state index in [1.165, 1.54) is 24.3 Å². The van der Waals surface area contributed by atoms with Crippen LogP contribution in [-0.4, -0.2) is 54.0 Å². The Balaban J connectivity index is 1.45. The van der Waals surface area contributed by atoms with E-state index in [0.717, 1.165) is 16.3 Å². The van der Waals surface area contributed by atoms with Crippen molar-refractivity contribution in [3.8, 4) is 16.9 Å². The third-order valence-corrected chi connectivity index (χ3v) is 8.95. The van der Waals surface area contributed by atoms with Crippen LogP contribution in [0.15, 0.2) is 83.9 Å². The normalized spacial score (nSPS) is 15.4. The molecule has 3 aromatic carbocycles. The van der Waals surface area contributed by atoms with Gasteiger partial charge in [0.05, 0.1) is 23.2 Å². The van der Waals surface area contributed by atoms with Crippen molar-refractivity contribution in [2.24, 2.45) is 0 Å². The average Bonchev–Trinajstić information content (AvgIpc) is 3.59. The topological polar surface area (TPSA) is 93.5 Å². The number of hydrogen-bond acceptors (Lipinski definition) is 5. The lowest BCUT2D eigenvalue weighted by Gasteiger charge is -2.24. The van der Waals surface area contributed by atoms with Gasteiger partial charge in [0, 0.05) is 45.7 Å². The first-order valence-electron chi connectivity index (χ1n) is 12.5. The van der Waals surface area contributed by atoms with Crippen LogP contribution >= 0.6 is 34.8 Å². The smallest absolute Gasteiger partial charge is 0.243 e. The number of ether oxygens (including phenoxy) is 1. The van der Waals surface area contributed by atoms with Gasteiger partial charge < -0.3 is 4.74 Å². The summed E-state index contributed by atoms with van der Waals surface area (Å²) in [6, 6.07) is 20.1. The number of rotatable bonds is 9. The number of anilines is 1. The molecule has 1 aliphatic heterocycles. The zero-order valence-electron chi connectivity index (χ0n) is 21.1. The molecule has 40 heavy (non-hydrogen) atoms. The third kappa shape index (κ3) is 6.68. The minimum atomic E-state index is -4.03. The average molecular weight is 620 g/mol. The number of aromatic nitrogens is 2. The highest BCUT2D eigenvalue weighted by molar-refractivity contribution is 7.89. The number of sulfonamides is 1. The number of amides is 1. The summed E-state index contributed by atoms with van der Waals surface area (Å²) in [7, 11) is -4.03. The number of nitrogens with one attached hydrogen (secondary N) is 1. The molecule has 8 nitrogen and oxygen atoms in total. The van der Waals surface area contributed by atoms with Crippen molar-refractivity contribution in [3.63, 3.8) is 0 Å². The lowest BCUT2D eigenvalue weighted by atomic mass is 10.2. The van der Waals surface area contributed by atoms with Crippen molar-refractivity contribution in [2.45, 2.75) is 23.8 Å². The second-order valence-electron chi connectivity index (χ2n) is 9.24.